The number of halogens is 1. The maximum absolute atomic E-state index is 12.0. The number of nitrogens with one attached hydrogen (secondary N) is 1. The van der Waals surface area contributed by atoms with Gasteiger partial charge in [0.1, 0.15) is 0 Å². The van der Waals surface area contributed by atoms with Crippen LogP contribution in [0.25, 0.3) is 0 Å². The van der Waals surface area contributed by atoms with Gasteiger partial charge in [0.15, 0.2) is 6.23 Å². The lowest BCUT2D eigenvalue weighted by molar-refractivity contribution is 0.0607. The van der Waals surface area contributed by atoms with Gasteiger partial charge >= 0.3 is 0 Å². The molecule has 0 bridgehead atoms. The Morgan fingerprint density at radius 3 is 2.10 bits per heavy atom. The topological polar surface area (TPSA) is 66.4 Å². The van der Waals surface area contributed by atoms with Crippen molar-refractivity contribution < 1.29 is 14.7 Å². The largest absolute Gasteiger partial charge is 0.367 e. The third kappa shape index (κ3) is 4.00. The first kappa shape index (κ1) is 15.4. The molecule has 2 rings (SSSR count). The highest BCUT2D eigenvalue weighted by Crippen LogP contribution is 2.11. The SMILES string of the molecule is Cc1ccc(C(=O)[C@@H](O)NC(=O)c2ccc(Br)cc2)cc1. The van der Waals surface area contributed by atoms with Crippen molar-refractivity contribution in [1.29, 1.82) is 0 Å². The standard InChI is InChI=1S/C16H14BrNO3/c1-10-2-4-11(5-3-10)14(19)16(21)18-15(20)12-6-8-13(17)9-7-12/h2-9,16,21H,1H3,(H,18,20)/t16-/m1/s1. The maximum Gasteiger partial charge on any atom is 0.253 e. The number of ketones is 1. The highest BCUT2D eigenvalue weighted by atomic mass is 79.9. The van der Waals surface area contributed by atoms with Gasteiger partial charge in [-0.2, -0.15) is 0 Å². The van der Waals surface area contributed by atoms with Crippen molar-refractivity contribution in [3.05, 3.63) is 69.7 Å². The zero-order chi connectivity index (χ0) is 15.4. The van der Waals surface area contributed by atoms with E-state index in [1.807, 2.05) is 6.92 Å². The first-order chi connectivity index (χ1) is 9.97. The van der Waals surface area contributed by atoms with Crippen molar-refractivity contribution in [2.24, 2.45) is 0 Å². The molecule has 5 heteroatoms. The molecular weight excluding hydrogens is 334 g/mol. The van der Waals surface area contributed by atoms with Crippen LogP contribution in [0.1, 0.15) is 26.3 Å². The summed E-state index contributed by atoms with van der Waals surface area (Å²) in [5.41, 5.74) is 1.73. The number of aliphatic hydroxyl groups is 1. The molecule has 0 fully saturated rings. The summed E-state index contributed by atoms with van der Waals surface area (Å²) in [4.78, 5) is 23.9. The van der Waals surface area contributed by atoms with Gasteiger partial charge in [-0.3, -0.25) is 9.59 Å². The van der Waals surface area contributed by atoms with E-state index in [4.69, 9.17) is 0 Å². The molecule has 2 N–H and O–H groups in total. The van der Waals surface area contributed by atoms with Gasteiger partial charge in [-0.25, -0.2) is 0 Å². The summed E-state index contributed by atoms with van der Waals surface area (Å²) >= 11 is 3.27. The first-order valence-corrected chi connectivity index (χ1v) is 7.12. The molecule has 0 spiro atoms. The Kier molecular flexibility index (Phi) is 4.88. The van der Waals surface area contributed by atoms with Gasteiger partial charge in [-0.05, 0) is 31.2 Å². The summed E-state index contributed by atoms with van der Waals surface area (Å²) in [6, 6.07) is 13.4. The molecule has 0 aromatic heterocycles. The zero-order valence-electron chi connectivity index (χ0n) is 11.3. The first-order valence-electron chi connectivity index (χ1n) is 6.33. The van der Waals surface area contributed by atoms with Gasteiger partial charge in [-0.1, -0.05) is 45.8 Å². The van der Waals surface area contributed by atoms with Crippen LogP contribution in [0.5, 0.6) is 0 Å². The van der Waals surface area contributed by atoms with Crippen molar-refractivity contribution in [2.45, 2.75) is 13.2 Å². The van der Waals surface area contributed by atoms with E-state index in [2.05, 4.69) is 21.2 Å². The minimum absolute atomic E-state index is 0.351. The highest BCUT2D eigenvalue weighted by Gasteiger charge is 2.19. The number of carbonyl (C=O) groups is 2. The van der Waals surface area contributed by atoms with Crippen molar-refractivity contribution in [3.63, 3.8) is 0 Å². The van der Waals surface area contributed by atoms with E-state index in [-0.39, 0.29) is 0 Å². The van der Waals surface area contributed by atoms with Crippen LogP contribution in [-0.2, 0) is 0 Å². The van der Waals surface area contributed by atoms with Crippen molar-refractivity contribution >= 4 is 27.6 Å². The number of hydrogen-bond donors (Lipinski definition) is 2. The number of amides is 1. The van der Waals surface area contributed by atoms with E-state index < -0.39 is 17.9 Å². The molecule has 1 atom stereocenters. The molecule has 2 aromatic rings. The molecule has 21 heavy (non-hydrogen) atoms. The van der Waals surface area contributed by atoms with E-state index in [1.54, 1.807) is 48.5 Å². The van der Waals surface area contributed by atoms with Crippen LogP contribution in [0.4, 0.5) is 0 Å². The van der Waals surface area contributed by atoms with Crippen molar-refractivity contribution in [3.8, 4) is 0 Å². The molecule has 0 aliphatic rings. The lowest BCUT2D eigenvalue weighted by Crippen LogP contribution is -2.40. The number of hydrogen-bond acceptors (Lipinski definition) is 3. The van der Waals surface area contributed by atoms with Crippen LogP contribution in [0, 0.1) is 6.92 Å². The molecule has 4 nitrogen and oxygen atoms in total. The summed E-state index contributed by atoms with van der Waals surface area (Å²) in [5.74, 6) is -1.05. The van der Waals surface area contributed by atoms with Crippen LogP contribution in [0.3, 0.4) is 0 Å². The molecular formula is C16H14BrNO3. The van der Waals surface area contributed by atoms with Gasteiger partial charge in [0.05, 0.1) is 0 Å². The average Bonchev–Trinajstić information content (AvgIpc) is 2.47. The summed E-state index contributed by atoms with van der Waals surface area (Å²) < 4.78 is 0.843. The molecule has 0 heterocycles. The Morgan fingerprint density at radius 1 is 1.00 bits per heavy atom. The van der Waals surface area contributed by atoms with Crippen LogP contribution in [-0.4, -0.2) is 23.0 Å². The summed E-state index contributed by atoms with van der Waals surface area (Å²) in [6.45, 7) is 1.90. The molecule has 0 radical (unpaired) electrons. The Balaban J connectivity index is 2.05. The Morgan fingerprint density at radius 2 is 1.52 bits per heavy atom. The smallest absolute Gasteiger partial charge is 0.253 e. The molecule has 108 valence electrons. The van der Waals surface area contributed by atoms with Gasteiger partial charge < -0.3 is 10.4 Å². The third-order valence-corrected chi connectivity index (χ3v) is 3.49. The van der Waals surface area contributed by atoms with Gasteiger partial charge in [0.25, 0.3) is 5.91 Å². The van der Waals surface area contributed by atoms with Gasteiger partial charge in [-0.15, -0.1) is 0 Å². The van der Waals surface area contributed by atoms with Gasteiger partial charge in [0.2, 0.25) is 5.78 Å². The van der Waals surface area contributed by atoms with Crippen molar-refractivity contribution in [2.75, 3.05) is 0 Å². The van der Waals surface area contributed by atoms with Crippen LogP contribution in [0.15, 0.2) is 53.0 Å². The quantitative estimate of drug-likeness (QED) is 0.660. The molecule has 0 unspecified atom stereocenters. The number of benzene rings is 2. The minimum atomic E-state index is -1.57. The highest BCUT2D eigenvalue weighted by molar-refractivity contribution is 9.10. The molecule has 0 saturated carbocycles. The summed E-state index contributed by atoms with van der Waals surface area (Å²) in [6.07, 6.45) is -1.57. The van der Waals surface area contributed by atoms with Crippen LogP contribution in [0.2, 0.25) is 0 Å². The Hall–Kier alpha value is -1.98. The number of aryl methyl sites for hydroxylation is 1. The fraction of sp³-hybridized carbons (Fsp3) is 0.125. The van der Waals surface area contributed by atoms with E-state index in [0.717, 1.165) is 10.0 Å². The van der Waals surface area contributed by atoms with Crippen molar-refractivity contribution in [1.82, 2.24) is 5.32 Å². The number of rotatable bonds is 4. The second-order valence-corrected chi connectivity index (χ2v) is 5.53. The fourth-order valence-electron chi connectivity index (χ4n) is 1.75. The van der Waals surface area contributed by atoms with Crippen LogP contribution >= 0.6 is 15.9 Å². The predicted octanol–water partition coefficient (Wildman–Crippen LogP) is 2.69. The fourth-order valence-corrected chi connectivity index (χ4v) is 2.01. The summed E-state index contributed by atoms with van der Waals surface area (Å²) in [7, 11) is 0. The summed E-state index contributed by atoms with van der Waals surface area (Å²) in [5, 5.41) is 12.1. The average molecular weight is 348 g/mol. The zero-order valence-corrected chi connectivity index (χ0v) is 12.9. The lowest BCUT2D eigenvalue weighted by atomic mass is 10.1. The predicted molar refractivity (Wildman–Crippen MR) is 83.1 cm³/mol. The number of aliphatic hydroxyl groups excluding tert-OH is 1. The monoisotopic (exact) mass is 347 g/mol. The van der Waals surface area contributed by atoms with Gasteiger partial charge in [0, 0.05) is 15.6 Å². The Labute approximate surface area is 130 Å². The van der Waals surface area contributed by atoms with E-state index in [0.29, 0.717) is 11.1 Å². The number of Topliss-reactive ketones (excluding diaryl/α,β-unsaturated/α-hetero) is 1. The minimum Gasteiger partial charge on any atom is -0.367 e. The third-order valence-electron chi connectivity index (χ3n) is 2.96. The second kappa shape index (κ2) is 6.65. The normalized spacial score (nSPS) is 11.8. The molecule has 0 saturated heterocycles. The number of carbonyl (C=O) groups excluding carboxylic acids is 2. The molecule has 2 aromatic carbocycles. The molecule has 1 amide bonds. The lowest BCUT2D eigenvalue weighted by Gasteiger charge is -2.12. The van der Waals surface area contributed by atoms with Crippen LogP contribution < -0.4 is 5.32 Å². The van der Waals surface area contributed by atoms with E-state index in [1.165, 1.54) is 0 Å². The Bertz CT molecular complexity index is 650. The van der Waals surface area contributed by atoms with E-state index >= 15 is 0 Å². The molecule has 0 aliphatic carbocycles. The second-order valence-electron chi connectivity index (χ2n) is 4.61. The maximum atomic E-state index is 12.0. The van der Waals surface area contributed by atoms with E-state index in [9.17, 15) is 14.7 Å². The molecule has 0 aliphatic heterocycles.